The standard InChI is InChI=1S/C10H16O/c1-2-6-10-8-4-3-7-9(5-1)11-10/h5,10H,1-4,6-8H2. The van der Waals surface area contributed by atoms with Gasteiger partial charge in [-0.25, -0.2) is 0 Å². The Morgan fingerprint density at radius 2 is 2.09 bits per heavy atom. The maximum atomic E-state index is 5.83. The Labute approximate surface area is 68.4 Å². The van der Waals surface area contributed by atoms with Crippen molar-refractivity contribution in [3.63, 3.8) is 0 Å². The van der Waals surface area contributed by atoms with Crippen LogP contribution in [-0.4, -0.2) is 6.10 Å². The van der Waals surface area contributed by atoms with Crippen LogP contribution in [0.25, 0.3) is 0 Å². The smallest absolute Gasteiger partial charge is 0.0982 e. The third-order valence-corrected chi connectivity index (χ3v) is 2.62. The maximum Gasteiger partial charge on any atom is 0.0982 e. The van der Waals surface area contributed by atoms with Crippen LogP contribution in [0, 0.1) is 0 Å². The van der Waals surface area contributed by atoms with Gasteiger partial charge in [0.15, 0.2) is 0 Å². The Kier molecular flexibility index (Phi) is 2.16. The average molecular weight is 152 g/mol. The van der Waals surface area contributed by atoms with Gasteiger partial charge in [0.05, 0.1) is 11.9 Å². The van der Waals surface area contributed by atoms with Crippen LogP contribution in [0.2, 0.25) is 0 Å². The fraction of sp³-hybridized carbons (Fsp3) is 0.800. The molecule has 0 aromatic heterocycles. The Morgan fingerprint density at radius 3 is 3.09 bits per heavy atom. The fourth-order valence-corrected chi connectivity index (χ4v) is 1.97. The van der Waals surface area contributed by atoms with Gasteiger partial charge < -0.3 is 4.74 Å². The fourth-order valence-electron chi connectivity index (χ4n) is 1.97. The molecule has 0 saturated carbocycles. The zero-order valence-electron chi connectivity index (χ0n) is 7.01. The number of allylic oxidation sites excluding steroid dienone is 2. The van der Waals surface area contributed by atoms with E-state index >= 15 is 0 Å². The van der Waals surface area contributed by atoms with Crippen LogP contribution in [0.5, 0.6) is 0 Å². The third-order valence-electron chi connectivity index (χ3n) is 2.62. The van der Waals surface area contributed by atoms with E-state index in [9.17, 15) is 0 Å². The zero-order valence-corrected chi connectivity index (χ0v) is 7.01. The minimum atomic E-state index is 0.561. The first-order valence-electron chi connectivity index (χ1n) is 4.81. The van der Waals surface area contributed by atoms with Gasteiger partial charge in [0.2, 0.25) is 0 Å². The van der Waals surface area contributed by atoms with Crippen molar-refractivity contribution in [1.82, 2.24) is 0 Å². The molecule has 1 unspecified atom stereocenters. The van der Waals surface area contributed by atoms with Crippen molar-refractivity contribution in [2.75, 3.05) is 0 Å². The molecule has 0 amide bonds. The minimum absolute atomic E-state index is 0.561. The van der Waals surface area contributed by atoms with Crippen LogP contribution in [-0.2, 0) is 4.74 Å². The Balaban J connectivity index is 2.07. The molecule has 2 aliphatic rings. The number of ether oxygens (including phenoxy) is 1. The van der Waals surface area contributed by atoms with Gasteiger partial charge in [0.1, 0.15) is 0 Å². The molecule has 2 aliphatic heterocycles. The van der Waals surface area contributed by atoms with E-state index in [1.165, 1.54) is 50.7 Å². The molecular weight excluding hydrogens is 136 g/mol. The van der Waals surface area contributed by atoms with Gasteiger partial charge in [-0.2, -0.15) is 0 Å². The van der Waals surface area contributed by atoms with Crippen LogP contribution in [0.4, 0.5) is 0 Å². The summed E-state index contributed by atoms with van der Waals surface area (Å²) in [6.45, 7) is 0. The molecule has 2 heterocycles. The summed E-state index contributed by atoms with van der Waals surface area (Å²) in [7, 11) is 0. The quantitative estimate of drug-likeness (QED) is 0.518. The van der Waals surface area contributed by atoms with Crippen molar-refractivity contribution in [2.24, 2.45) is 0 Å². The molecule has 0 N–H and O–H groups in total. The van der Waals surface area contributed by atoms with E-state index in [1.807, 2.05) is 0 Å². The van der Waals surface area contributed by atoms with E-state index in [-0.39, 0.29) is 0 Å². The molecule has 1 saturated heterocycles. The second-order valence-electron chi connectivity index (χ2n) is 3.59. The van der Waals surface area contributed by atoms with Crippen molar-refractivity contribution in [3.8, 4) is 0 Å². The highest BCUT2D eigenvalue weighted by molar-refractivity contribution is 4.97. The van der Waals surface area contributed by atoms with E-state index in [0.29, 0.717) is 6.10 Å². The van der Waals surface area contributed by atoms with Gasteiger partial charge >= 0.3 is 0 Å². The van der Waals surface area contributed by atoms with Crippen molar-refractivity contribution in [2.45, 2.75) is 51.0 Å². The van der Waals surface area contributed by atoms with Gasteiger partial charge in [-0.1, -0.05) is 0 Å². The molecule has 62 valence electrons. The summed E-state index contributed by atoms with van der Waals surface area (Å²) in [5.41, 5.74) is 0. The van der Waals surface area contributed by atoms with Crippen molar-refractivity contribution < 1.29 is 4.74 Å². The lowest BCUT2D eigenvalue weighted by molar-refractivity contribution is 0.110. The third kappa shape index (κ3) is 1.76. The van der Waals surface area contributed by atoms with E-state index in [2.05, 4.69) is 6.08 Å². The lowest BCUT2D eigenvalue weighted by Crippen LogP contribution is -2.08. The summed E-state index contributed by atoms with van der Waals surface area (Å²) >= 11 is 0. The Hall–Kier alpha value is -0.460. The first-order valence-corrected chi connectivity index (χ1v) is 4.81. The van der Waals surface area contributed by atoms with Crippen LogP contribution in [0.15, 0.2) is 11.8 Å². The summed E-state index contributed by atoms with van der Waals surface area (Å²) in [5.74, 6) is 1.28. The molecule has 0 radical (unpaired) electrons. The highest BCUT2D eigenvalue weighted by atomic mass is 16.5. The van der Waals surface area contributed by atoms with Gasteiger partial charge in [0.25, 0.3) is 0 Å². The average Bonchev–Trinajstić information content (AvgIpc) is 2.36. The Morgan fingerprint density at radius 1 is 1.18 bits per heavy atom. The largest absolute Gasteiger partial charge is 0.495 e. The van der Waals surface area contributed by atoms with E-state index in [4.69, 9.17) is 4.74 Å². The van der Waals surface area contributed by atoms with Crippen LogP contribution < -0.4 is 0 Å². The molecule has 1 atom stereocenters. The zero-order chi connectivity index (χ0) is 7.52. The predicted molar refractivity (Wildman–Crippen MR) is 45.3 cm³/mol. The monoisotopic (exact) mass is 152 g/mol. The van der Waals surface area contributed by atoms with Crippen molar-refractivity contribution >= 4 is 0 Å². The topological polar surface area (TPSA) is 9.23 Å². The lowest BCUT2D eigenvalue weighted by Gasteiger charge is -2.14. The van der Waals surface area contributed by atoms with Crippen molar-refractivity contribution in [1.29, 1.82) is 0 Å². The molecule has 1 heteroatoms. The molecule has 0 aromatic carbocycles. The number of hydrogen-bond donors (Lipinski definition) is 0. The molecule has 11 heavy (non-hydrogen) atoms. The normalized spacial score (nSPS) is 31.3. The summed E-state index contributed by atoms with van der Waals surface area (Å²) in [4.78, 5) is 0. The van der Waals surface area contributed by atoms with Gasteiger partial charge in [-0.05, 0) is 44.6 Å². The van der Waals surface area contributed by atoms with E-state index < -0.39 is 0 Å². The molecule has 2 rings (SSSR count). The van der Waals surface area contributed by atoms with E-state index in [0.717, 1.165) is 0 Å². The highest BCUT2D eigenvalue weighted by Gasteiger charge is 2.17. The molecule has 2 bridgehead atoms. The first kappa shape index (κ1) is 7.20. The number of fused-ring (bicyclic) bond motifs is 2. The first-order chi connectivity index (χ1) is 5.45. The van der Waals surface area contributed by atoms with Crippen LogP contribution in [0.3, 0.4) is 0 Å². The minimum Gasteiger partial charge on any atom is -0.495 e. The van der Waals surface area contributed by atoms with Gasteiger partial charge in [-0.3, -0.25) is 0 Å². The second-order valence-corrected chi connectivity index (χ2v) is 3.59. The highest BCUT2D eigenvalue weighted by Crippen LogP contribution is 2.27. The van der Waals surface area contributed by atoms with Gasteiger partial charge in [-0.15, -0.1) is 0 Å². The van der Waals surface area contributed by atoms with Crippen molar-refractivity contribution in [3.05, 3.63) is 11.8 Å². The summed E-state index contributed by atoms with van der Waals surface area (Å²) in [6.07, 6.45) is 11.9. The molecule has 0 aromatic rings. The predicted octanol–water partition coefficient (Wildman–Crippen LogP) is 3.01. The molecule has 0 aliphatic carbocycles. The number of rotatable bonds is 0. The lowest BCUT2D eigenvalue weighted by atomic mass is 10.0. The van der Waals surface area contributed by atoms with Crippen LogP contribution >= 0.6 is 0 Å². The molecule has 1 fully saturated rings. The molecular formula is C10H16O. The van der Waals surface area contributed by atoms with Gasteiger partial charge in [0, 0.05) is 6.42 Å². The maximum absolute atomic E-state index is 5.83. The van der Waals surface area contributed by atoms with E-state index in [1.54, 1.807) is 0 Å². The number of hydrogen-bond acceptors (Lipinski definition) is 1. The summed E-state index contributed by atoms with van der Waals surface area (Å²) < 4.78 is 5.83. The summed E-state index contributed by atoms with van der Waals surface area (Å²) in [5, 5.41) is 0. The summed E-state index contributed by atoms with van der Waals surface area (Å²) in [6, 6.07) is 0. The Bertz CT molecular complexity index is 160. The second kappa shape index (κ2) is 3.29. The van der Waals surface area contributed by atoms with Crippen LogP contribution in [0.1, 0.15) is 44.9 Å². The molecule has 0 spiro atoms. The SMILES string of the molecule is C1=C2CCCCC(CCC1)O2. The molecule has 1 nitrogen and oxygen atoms in total.